The Balaban J connectivity index is 0.00000245. The van der Waals surface area contributed by atoms with Crippen molar-refractivity contribution < 1.29 is 48.8 Å². The standard InChI is InChI=1S/C21H25N8OS.Ac/c1-29-10-8-15(9-11-29)30-20-24-19(23-18-12-17(27-28-18)13-2-3-13)25-21(26-20)31-16-6-4-14(22)5-7-16;/h4-7,12-13,15,22H,2-3,8-11H2,1H3,(H2,23,24,25,26,27,28);/q-1;. The predicted octanol–water partition coefficient (Wildman–Crippen LogP) is 4.52. The van der Waals surface area contributed by atoms with Crippen LogP contribution in [0.3, 0.4) is 0 Å². The Morgan fingerprint density at radius 3 is 2.56 bits per heavy atom. The first-order valence-electron chi connectivity index (χ1n) is 10.5. The fourth-order valence-corrected chi connectivity index (χ4v) is 4.23. The quantitative estimate of drug-likeness (QED) is 0.379. The van der Waals surface area contributed by atoms with Gasteiger partial charge in [0.15, 0.2) is 5.82 Å². The molecule has 1 aliphatic heterocycles. The number of hydrogen-bond acceptors (Lipinski definition) is 8. The summed E-state index contributed by atoms with van der Waals surface area (Å²) in [6, 6.07) is 9.61. The van der Waals surface area contributed by atoms with Crippen molar-refractivity contribution in [3.63, 3.8) is 0 Å². The van der Waals surface area contributed by atoms with Crippen molar-refractivity contribution in [1.82, 2.24) is 30.0 Å². The van der Waals surface area contributed by atoms with E-state index in [9.17, 15) is 0 Å². The van der Waals surface area contributed by atoms with Crippen LogP contribution in [0.25, 0.3) is 5.73 Å². The molecule has 2 fully saturated rings. The summed E-state index contributed by atoms with van der Waals surface area (Å²) < 4.78 is 6.13. The van der Waals surface area contributed by atoms with E-state index in [1.165, 1.54) is 24.6 Å². The zero-order valence-corrected chi connectivity index (χ0v) is 23.5. The molecule has 32 heavy (non-hydrogen) atoms. The van der Waals surface area contributed by atoms with E-state index in [2.05, 4.69) is 42.4 Å². The molecule has 1 aliphatic carbocycles. The third-order valence-corrected chi connectivity index (χ3v) is 6.32. The molecule has 0 atom stereocenters. The van der Waals surface area contributed by atoms with E-state index in [1.807, 2.05) is 18.2 Å². The van der Waals surface area contributed by atoms with E-state index in [-0.39, 0.29) is 50.2 Å². The van der Waals surface area contributed by atoms with Crippen LogP contribution in [0.4, 0.5) is 17.5 Å². The van der Waals surface area contributed by atoms with E-state index in [1.54, 1.807) is 12.1 Å². The molecular weight excluding hydrogens is 639 g/mol. The summed E-state index contributed by atoms with van der Waals surface area (Å²) in [5, 5.41) is 11.2. The van der Waals surface area contributed by atoms with Crippen molar-refractivity contribution in [2.75, 3.05) is 25.5 Å². The van der Waals surface area contributed by atoms with Crippen molar-refractivity contribution >= 4 is 29.2 Å². The number of anilines is 2. The summed E-state index contributed by atoms with van der Waals surface area (Å²) in [4.78, 5) is 16.9. The first-order valence-corrected chi connectivity index (χ1v) is 11.4. The van der Waals surface area contributed by atoms with Gasteiger partial charge in [0.05, 0.1) is 0 Å². The Hall–Kier alpha value is -1.41. The van der Waals surface area contributed by atoms with E-state index in [4.69, 9.17) is 10.5 Å². The molecule has 3 aromatic rings. The second-order valence-corrected chi connectivity index (χ2v) is 9.12. The molecule has 165 valence electrons. The van der Waals surface area contributed by atoms with Crippen LogP contribution in [0.15, 0.2) is 40.4 Å². The summed E-state index contributed by atoms with van der Waals surface area (Å²) in [6.45, 7) is 2.00. The van der Waals surface area contributed by atoms with Crippen LogP contribution >= 0.6 is 11.8 Å². The normalized spacial score (nSPS) is 17.0. The molecule has 9 nitrogen and oxygen atoms in total. The molecule has 2 aliphatic rings. The average Bonchev–Trinajstić information content (AvgIpc) is 3.51. The van der Waals surface area contributed by atoms with E-state index in [0.29, 0.717) is 34.5 Å². The van der Waals surface area contributed by atoms with Gasteiger partial charge in [-0.3, -0.25) is 5.10 Å². The van der Waals surface area contributed by atoms with E-state index in [0.717, 1.165) is 36.5 Å². The molecule has 3 N–H and O–H groups in total. The molecule has 1 aromatic carbocycles. The molecule has 1 radical (unpaired) electrons. The first-order chi connectivity index (χ1) is 15.1. The van der Waals surface area contributed by atoms with Crippen LogP contribution in [-0.2, 0) is 0 Å². The number of hydrogen-bond donors (Lipinski definition) is 2. The van der Waals surface area contributed by atoms with Gasteiger partial charge in [-0.25, -0.2) is 0 Å². The Labute approximate surface area is 227 Å². The molecular formula is C21H25AcN8OS-. The van der Waals surface area contributed by atoms with Gasteiger partial charge in [-0.15, -0.1) is 5.69 Å². The Morgan fingerprint density at radius 1 is 1.09 bits per heavy atom. The van der Waals surface area contributed by atoms with Crippen LogP contribution in [0, 0.1) is 44.1 Å². The van der Waals surface area contributed by atoms with Crippen molar-refractivity contribution in [1.29, 1.82) is 0 Å². The van der Waals surface area contributed by atoms with Crippen LogP contribution in [0.5, 0.6) is 6.01 Å². The second-order valence-electron chi connectivity index (χ2n) is 8.08. The third-order valence-electron chi connectivity index (χ3n) is 5.45. The Morgan fingerprint density at radius 2 is 1.84 bits per heavy atom. The van der Waals surface area contributed by atoms with Gasteiger partial charge in [0, 0.05) is 79.7 Å². The number of benzene rings is 1. The van der Waals surface area contributed by atoms with Crippen molar-refractivity contribution in [2.24, 2.45) is 0 Å². The minimum absolute atomic E-state index is 0. The minimum Gasteiger partial charge on any atom is -0.699 e. The molecule has 2 aromatic heterocycles. The summed E-state index contributed by atoms with van der Waals surface area (Å²) in [6.07, 6.45) is 4.41. The van der Waals surface area contributed by atoms with Crippen molar-refractivity contribution in [3.05, 3.63) is 41.8 Å². The zero-order valence-electron chi connectivity index (χ0n) is 17.9. The molecule has 3 heterocycles. The number of H-pyrrole nitrogens is 1. The van der Waals surface area contributed by atoms with Gasteiger partial charge in [-0.1, -0.05) is 12.1 Å². The molecule has 11 heteroatoms. The average molecular weight is 665 g/mol. The van der Waals surface area contributed by atoms with Gasteiger partial charge in [0.25, 0.3) is 0 Å². The molecule has 1 saturated heterocycles. The smallest absolute Gasteiger partial charge is 0.322 e. The number of piperidine rings is 1. The number of rotatable bonds is 7. The van der Waals surface area contributed by atoms with Crippen LogP contribution in [0.2, 0.25) is 0 Å². The molecule has 5 rings (SSSR count). The maximum absolute atomic E-state index is 7.66. The van der Waals surface area contributed by atoms with E-state index < -0.39 is 0 Å². The topological polar surface area (TPSA) is 116 Å². The SMILES string of the molecule is CN1CCC(Oc2nc(Nc3cc(C4CC4)[nH]n3)nc(Sc3ccc([NH-])cc3)n2)CC1.[Ac]. The maximum atomic E-state index is 7.66. The third kappa shape index (κ3) is 6.34. The molecule has 0 unspecified atom stereocenters. The van der Waals surface area contributed by atoms with Crippen LogP contribution in [0.1, 0.15) is 37.3 Å². The number of nitrogens with one attached hydrogen (secondary N) is 3. The monoisotopic (exact) mass is 664 g/mol. The van der Waals surface area contributed by atoms with Gasteiger partial charge >= 0.3 is 6.01 Å². The Kier molecular flexibility index (Phi) is 7.92. The van der Waals surface area contributed by atoms with Gasteiger partial charge in [-0.2, -0.15) is 20.1 Å². The second kappa shape index (κ2) is 10.7. The summed E-state index contributed by atoms with van der Waals surface area (Å²) >= 11 is 1.42. The number of aromatic amines is 1. The molecule has 0 spiro atoms. The number of aromatic nitrogens is 5. The van der Waals surface area contributed by atoms with Crippen LogP contribution in [-0.4, -0.2) is 56.3 Å². The summed E-state index contributed by atoms with van der Waals surface area (Å²) in [5.41, 5.74) is 9.28. The fourth-order valence-electron chi connectivity index (χ4n) is 3.49. The largest absolute Gasteiger partial charge is 0.699 e. The van der Waals surface area contributed by atoms with Gasteiger partial charge in [0.1, 0.15) is 6.10 Å². The molecule has 1 saturated carbocycles. The first kappa shape index (κ1) is 23.7. The summed E-state index contributed by atoms with van der Waals surface area (Å²) in [5.74, 6) is 1.69. The van der Waals surface area contributed by atoms with Crippen molar-refractivity contribution in [3.8, 4) is 6.01 Å². The summed E-state index contributed by atoms with van der Waals surface area (Å²) in [7, 11) is 2.12. The van der Waals surface area contributed by atoms with Crippen molar-refractivity contribution in [2.45, 2.75) is 47.8 Å². The minimum atomic E-state index is 0. The molecule has 0 bridgehead atoms. The van der Waals surface area contributed by atoms with Gasteiger partial charge < -0.3 is 20.7 Å². The number of ether oxygens (including phenoxy) is 1. The predicted molar refractivity (Wildman–Crippen MR) is 119 cm³/mol. The molecule has 0 amide bonds. The maximum Gasteiger partial charge on any atom is 0.322 e. The number of nitrogens with zero attached hydrogens (tertiary/aromatic N) is 5. The zero-order chi connectivity index (χ0) is 21.2. The van der Waals surface area contributed by atoms with Crippen LogP contribution < -0.4 is 10.1 Å². The van der Waals surface area contributed by atoms with Gasteiger partial charge in [-0.05, 0) is 56.6 Å². The van der Waals surface area contributed by atoms with Gasteiger partial charge in [0.2, 0.25) is 11.1 Å². The van der Waals surface area contributed by atoms with E-state index >= 15 is 0 Å². The fraction of sp³-hybridized carbons (Fsp3) is 0.429. The number of likely N-dealkylation sites (tertiary alicyclic amines) is 1. The Bertz CT molecular complexity index is 1030.